The maximum atomic E-state index is 14.2. The normalized spacial score (nSPS) is 11.6. The summed E-state index contributed by atoms with van der Waals surface area (Å²) in [4.78, 5) is 45.3. The summed E-state index contributed by atoms with van der Waals surface area (Å²) in [5.74, 6) is -1.65. The molecule has 0 saturated carbocycles. The second-order valence-corrected chi connectivity index (χ2v) is 8.90. The maximum absolute atomic E-state index is 14.2. The van der Waals surface area contributed by atoms with Gasteiger partial charge >= 0.3 is 0 Å². The average molecular weight is 535 g/mol. The lowest BCUT2D eigenvalue weighted by molar-refractivity contribution is -0.122. The van der Waals surface area contributed by atoms with Crippen molar-refractivity contribution >= 4 is 51.5 Å². The van der Waals surface area contributed by atoms with E-state index in [9.17, 15) is 14.4 Å². The van der Waals surface area contributed by atoms with Gasteiger partial charge in [-0.15, -0.1) is 0 Å². The summed E-state index contributed by atoms with van der Waals surface area (Å²) in [5, 5.41) is 3.61. The van der Waals surface area contributed by atoms with Gasteiger partial charge in [0.15, 0.2) is 5.69 Å². The van der Waals surface area contributed by atoms with Crippen LogP contribution >= 0.6 is 11.5 Å². The van der Waals surface area contributed by atoms with Gasteiger partial charge in [-0.3, -0.25) is 24.3 Å². The third-order valence-electron chi connectivity index (χ3n) is 5.77. The molecule has 0 spiro atoms. The van der Waals surface area contributed by atoms with Crippen LogP contribution < -0.4 is 26.4 Å². The van der Waals surface area contributed by atoms with Gasteiger partial charge in [-0.1, -0.05) is 24.3 Å². The lowest BCUT2D eigenvalue weighted by atomic mass is 10.00. The highest BCUT2D eigenvalue weighted by atomic mass is 32.1. The minimum Gasteiger partial charge on any atom is -0.495 e. The molecular formula is C26H26N6O5S. The van der Waals surface area contributed by atoms with Crippen LogP contribution in [0.15, 0.2) is 60.8 Å². The van der Waals surface area contributed by atoms with E-state index < -0.39 is 23.8 Å². The summed E-state index contributed by atoms with van der Waals surface area (Å²) in [6.45, 7) is 0.482. The number of carbonyl (C=O) groups is 3. The topological polar surface area (TPSA) is 163 Å². The summed E-state index contributed by atoms with van der Waals surface area (Å²) in [6.07, 6.45) is 1.67. The molecule has 2 heterocycles. The fraction of sp³-hybridized carbons (Fsp3) is 0.192. The molecule has 1 atom stereocenters. The first-order valence-corrected chi connectivity index (χ1v) is 12.3. The van der Waals surface area contributed by atoms with Gasteiger partial charge in [0.2, 0.25) is 5.91 Å². The van der Waals surface area contributed by atoms with Crippen molar-refractivity contribution in [2.45, 2.75) is 6.04 Å². The van der Waals surface area contributed by atoms with Gasteiger partial charge in [0.1, 0.15) is 16.7 Å². The molecule has 38 heavy (non-hydrogen) atoms. The Hall–Kier alpha value is -4.55. The highest BCUT2D eigenvalue weighted by Gasteiger charge is 2.37. The van der Waals surface area contributed by atoms with Crippen molar-refractivity contribution in [3.8, 4) is 5.75 Å². The number of carbonyl (C=O) groups excluding carboxylic acids is 3. The summed E-state index contributed by atoms with van der Waals surface area (Å²) < 4.78 is 14.6. The standard InChI is InChI=1S/C26H26N6O5S/c1-36-13-12-30-25(34)22(16-9-10-17-15(14-16)6-5-11-29-17)32(18-7-3-4-8-19(18)37-2)26(35)23-20(27)21(24(28)33)31-38-23/h3-11,14,22H,12-13,27H2,1-2H3,(H2,28,33)(H,30,34). The zero-order valence-corrected chi connectivity index (χ0v) is 21.5. The zero-order chi connectivity index (χ0) is 27.2. The first-order chi connectivity index (χ1) is 18.4. The number of hydrogen-bond donors (Lipinski definition) is 3. The lowest BCUT2D eigenvalue weighted by Gasteiger charge is -2.32. The quantitative estimate of drug-likeness (QED) is 0.261. The van der Waals surface area contributed by atoms with Crippen LogP contribution in [0.4, 0.5) is 11.4 Å². The molecule has 4 rings (SSSR count). The number of fused-ring (bicyclic) bond motifs is 1. The largest absolute Gasteiger partial charge is 0.495 e. The number of rotatable bonds is 10. The number of ether oxygens (including phenoxy) is 2. The number of nitrogens with two attached hydrogens (primary N) is 2. The van der Waals surface area contributed by atoms with E-state index in [1.807, 2.05) is 6.07 Å². The van der Waals surface area contributed by atoms with E-state index in [1.165, 1.54) is 19.1 Å². The number of nitrogen functional groups attached to an aromatic ring is 1. The van der Waals surface area contributed by atoms with Crippen LogP contribution in [-0.2, 0) is 9.53 Å². The molecule has 0 fully saturated rings. The Morgan fingerprint density at radius 2 is 1.89 bits per heavy atom. The summed E-state index contributed by atoms with van der Waals surface area (Å²) in [6, 6.07) is 14.6. The van der Waals surface area contributed by atoms with E-state index in [1.54, 1.807) is 54.7 Å². The Morgan fingerprint density at radius 3 is 2.61 bits per heavy atom. The second kappa shape index (κ2) is 11.7. The van der Waals surface area contributed by atoms with Crippen LogP contribution in [0.25, 0.3) is 10.9 Å². The number of aromatic nitrogens is 2. The van der Waals surface area contributed by atoms with Crippen molar-refractivity contribution in [1.82, 2.24) is 14.7 Å². The Bertz CT molecular complexity index is 1490. The summed E-state index contributed by atoms with van der Waals surface area (Å²) >= 11 is 0.728. The molecule has 3 amide bonds. The fourth-order valence-corrected chi connectivity index (χ4v) is 4.73. The monoisotopic (exact) mass is 534 g/mol. The van der Waals surface area contributed by atoms with Gasteiger partial charge in [-0.05, 0) is 47.4 Å². The van der Waals surface area contributed by atoms with E-state index in [0.717, 1.165) is 22.4 Å². The summed E-state index contributed by atoms with van der Waals surface area (Å²) in [7, 11) is 2.98. The van der Waals surface area contributed by atoms with Crippen LogP contribution in [0.3, 0.4) is 0 Å². The number of nitrogens with zero attached hydrogens (tertiary/aromatic N) is 3. The Labute approximate surface area is 222 Å². The molecule has 11 nitrogen and oxygen atoms in total. The highest BCUT2D eigenvalue weighted by molar-refractivity contribution is 7.09. The van der Waals surface area contributed by atoms with Gasteiger partial charge in [0, 0.05) is 25.2 Å². The highest BCUT2D eigenvalue weighted by Crippen LogP contribution is 2.38. The third-order valence-corrected chi connectivity index (χ3v) is 6.62. The number of hydrogen-bond acceptors (Lipinski definition) is 9. The number of amides is 3. The number of nitrogens with one attached hydrogen (secondary N) is 1. The smallest absolute Gasteiger partial charge is 0.273 e. The Balaban J connectivity index is 1.93. The number of primary amides is 1. The minimum atomic E-state index is -1.17. The van der Waals surface area contributed by atoms with Gasteiger partial charge in [0.05, 0.1) is 30.6 Å². The molecular weight excluding hydrogens is 508 g/mol. The summed E-state index contributed by atoms with van der Waals surface area (Å²) in [5.41, 5.74) is 12.7. The van der Waals surface area contributed by atoms with Crippen molar-refractivity contribution in [3.05, 3.63) is 76.9 Å². The molecule has 0 saturated heterocycles. The predicted molar refractivity (Wildman–Crippen MR) is 144 cm³/mol. The second-order valence-electron chi connectivity index (χ2n) is 8.13. The fourth-order valence-electron chi connectivity index (χ4n) is 3.99. The molecule has 4 aromatic rings. The number of para-hydroxylation sites is 2. The van der Waals surface area contributed by atoms with Crippen molar-refractivity contribution in [2.75, 3.05) is 38.0 Å². The van der Waals surface area contributed by atoms with E-state index in [-0.39, 0.29) is 29.4 Å². The first kappa shape index (κ1) is 26.5. The van der Waals surface area contributed by atoms with E-state index in [2.05, 4.69) is 14.7 Å². The van der Waals surface area contributed by atoms with Crippen LogP contribution in [0.5, 0.6) is 5.75 Å². The van der Waals surface area contributed by atoms with Crippen LogP contribution in [0.2, 0.25) is 0 Å². The number of benzene rings is 2. The Kier molecular flexibility index (Phi) is 8.14. The zero-order valence-electron chi connectivity index (χ0n) is 20.7. The van der Waals surface area contributed by atoms with Gasteiger partial charge < -0.3 is 26.3 Å². The minimum absolute atomic E-state index is 0.0400. The molecule has 0 radical (unpaired) electrons. The van der Waals surface area contributed by atoms with E-state index >= 15 is 0 Å². The van der Waals surface area contributed by atoms with Crippen molar-refractivity contribution in [2.24, 2.45) is 5.73 Å². The third kappa shape index (κ3) is 5.26. The van der Waals surface area contributed by atoms with Gasteiger partial charge in [-0.25, -0.2) is 0 Å². The molecule has 2 aromatic carbocycles. The van der Waals surface area contributed by atoms with Crippen LogP contribution in [0, 0.1) is 0 Å². The Morgan fingerprint density at radius 1 is 1.11 bits per heavy atom. The first-order valence-electron chi connectivity index (χ1n) is 11.5. The van der Waals surface area contributed by atoms with E-state index in [0.29, 0.717) is 17.0 Å². The van der Waals surface area contributed by atoms with Crippen molar-refractivity contribution in [3.63, 3.8) is 0 Å². The van der Waals surface area contributed by atoms with Gasteiger partial charge in [0.25, 0.3) is 11.8 Å². The van der Waals surface area contributed by atoms with Crippen LogP contribution in [-0.4, -0.2) is 54.5 Å². The molecule has 0 bridgehead atoms. The van der Waals surface area contributed by atoms with Crippen molar-refractivity contribution < 1.29 is 23.9 Å². The van der Waals surface area contributed by atoms with Gasteiger partial charge in [-0.2, -0.15) is 4.37 Å². The molecule has 2 aromatic heterocycles. The molecule has 12 heteroatoms. The van der Waals surface area contributed by atoms with Crippen molar-refractivity contribution in [1.29, 1.82) is 0 Å². The van der Waals surface area contributed by atoms with Crippen LogP contribution in [0.1, 0.15) is 31.8 Å². The molecule has 196 valence electrons. The lowest BCUT2D eigenvalue weighted by Crippen LogP contribution is -2.45. The number of methoxy groups -OCH3 is 2. The molecule has 0 aliphatic rings. The molecule has 5 N–H and O–H groups in total. The maximum Gasteiger partial charge on any atom is 0.273 e. The molecule has 0 aliphatic heterocycles. The predicted octanol–water partition coefficient (Wildman–Crippen LogP) is 2.53. The number of pyridine rings is 1. The number of anilines is 2. The molecule has 0 aliphatic carbocycles. The SMILES string of the molecule is COCCNC(=O)C(c1ccc2ncccc2c1)N(C(=O)c1snc(C(N)=O)c1N)c1ccccc1OC. The van der Waals surface area contributed by atoms with E-state index in [4.69, 9.17) is 20.9 Å². The average Bonchev–Trinajstić information content (AvgIpc) is 3.32. The molecule has 1 unspecified atom stereocenters.